The molecular formula is C42H68N2Si2. The van der Waals surface area contributed by atoms with Gasteiger partial charge in [-0.2, -0.15) is 0 Å². The highest BCUT2D eigenvalue weighted by Gasteiger charge is 2.32. The summed E-state index contributed by atoms with van der Waals surface area (Å²) in [6.45, 7) is 21.4. The van der Waals surface area contributed by atoms with Crippen molar-refractivity contribution >= 4 is 27.5 Å². The van der Waals surface area contributed by atoms with Gasteiger partial charge < -0.3 is 5.53 Å². The summed E-state index contributed by atoms with van der Waals surface area (Å²) in [5.41, 5.74) is 23.8. The van der Waals surface area contributed by atoms with E-state index in [1.54, 1.807) is 4.70 Å². The number of aryl methyl sites for hydroxylation is 2. The van der Waals surface area contributed by atoms with E-state index in [-0.39, 0.29) is 0 Å². The van der Waals surface area contributed by atoms with Crippen LogP contribution in [0.4, 0.5) is 0 Å². The van der Waals surface area contributed by atoms with Gasteiger partial charge >= 0.3 is 0 Å². The molecule has 0 atom stereocenters. The summed E-state index contributed by atoms with van der Waals surface area (Å²) < 4.78 is 1.59. The van der Waals surface area contributed by atoms with Gasteiger partial charge in [-0.15, -0.1) is 0 Å². The minimum absolute atomic E-state index is 0.970. The van der Waals surface area contributed by atoms with Crippen LogP contribution in [0.15, 0.2) is 48.0 Å². The van der Waals surface area contributed by atoms with E-state index in [0.29, 0.717) is 0 Å². The lowest BCUT2D eigenvalue weighted by molar-refractivity contribution is -0.344. The quantitative estimate of drug-likeness (QED) is 0.0944. The molecule has 4 heteroatoms. The average molecular weight is 657 g/mol. The van der Waals surface area contributed by atoms with Gasteiger partial charge in [-0.3, -0.25) is 0 Å². The number of unbranched alkanes of at least 4 members (excludes halogenated alkanes) is 3. The number of hydrogen-bond acceptors (Lipinski definition) is 0. The lowest BCUT2D eigenvalue weighted by atomic mass is 9.97. The highest BCUT2D eigenvalue weighted by Crippen LogP contribution is 2.40. The minimum atomic E-state index is -1.35. The van der Waals surface area contributed by atoms with E-state index in [1.165, 1.54) is 113 Å². The molecule has 0 aromatic heterocycles. The lowest BCUT2D eigenvalue weighted by Crippen LogP contribution is -2.34. The number of nitrogens with zero attached hydrogens (tertiary/aromatic N) is 2. The average Bonchev–Trinajstić information content (AvgIpc) is 3.42. The van der Waals surface area contributed by atoms with Crippen molar-refractivity contribution in [3.05, 3.63) is 87.0 Å². The third-order valence-electron chi connectivity index (χ3n) is 11.8. The molecule has 1 aliphatic heterocycles. The van der Waals surface area contributed by atoms with Gasteiger partial charge in [0.05, 0.1) is 16.1 Å². The third kappa shape index (κ3) is 9.52. The zero-order valence-electron chi connectivity index (χ0n) is 31.5. The van der Waals surface area contributed by atoms with Crippen molar-refractivity contribution in [2.45, 2.75) is 168 Å². The molecule has 0 amide bonds. The van der Waals surface area contributed by atoms with Crippen LogP contribution < -0.4 is 0 Å². The fourth-order valence-electron chi connectivity index (χ4n) is 7.80. The van der Waals surface area contributed by atoms with Gasteiger partial charge in [0, 0.05) is 22.8 Å². The van der Waals surface area contributed by atoms with E-state index in [0.717, 1.165) is 43.5 Å². The first-order chi connectivity index (χ1) is 22.2. The van der Waals surface area contributed by atoms with Crippen molar-refractivity contribution in [2.24, 2.45) is 0 Å². The summed E-state index contributed by atoms with van der Waals surface area (Å²) in [4.78, 5) is 0. The van der Waals surface area contributed by atoms with Crippen LogP contribution in [0.5, 0.6) is 0 Å². The number of rotatable bonds is 21. The number of allylic oxidation sites excluding steroid dienone is 2. The molecule has 2 aromatic carbocycles. The Morgan fingerprint density at radius 3 is 1.33 bits per heavy atom. The van der Waals surface area contributed by atoms with Crippen molar-refractivity contribution < 1.29 is 4.70 Å². The Labute approximate surface area is 286 Å². The SMILES string of the molecule is CCCCC1=C(c2cc(CCCC)cc(C[Si](CC)(CC)CC)c2)[N+](=[N-])C(c2cc(CCCC)cc(C[Si](CC)(CC)CC)c2)=C1. The summed E-state index contributed by atoms with van der Waals surface area (Å²) in [5.74, 6) is 0. The van der Waals surface area contributed by atoms with Crippen LogP contribution in [0.1, 0.15) is 141 Å². The van der Waals surface area contributed by atoms with Crippen molar-refractivity contribution in [1.29, 1.82) is 0 Å². The molecule has 0 unspecified atom stereocenters. The third-order valence-corrected chi connectivity index (χ3v) is 23.1. The first-order valence-electron chi connectivity index (χ1n) is 19.4. The van der Waals surface area contributed by atoms with Crippen LogP contribution in [0.2, 0.25) is 36.3 Å². The van der Waals surface area contributed by atoms with Crippen molar-refractivity contribution in [3.63, 3.8) is 0 Å². The fourth-order valence-corrected chi connectivity index (χ4v) is 14.4. The number of benzene rings is 2. The molecule has 3 rings (SSSR count). The maximum absolute atomic E-state index is 12.2. The molecule has 0 saturated carbocycles. The molecule has 254 valence electrons. The molecule has 2 nitrogen and oxygen atoms in total. The molecule has 1 heterocycles. The van der Waals surface area contributed by atoms with Gasteiger partial charge in [0.1, 0.15) is 0 Å². The first kappa shape index (κ1) is 38.4. The summed E-state index contributed by atoms with van der Waals surface area (Å²) in [6.07, 6.45) is 12.7. The molecule has 0 bridgehead atoms. The molecule has 0 fully saturated rings. The van der Waals surface area contributed by atoms with Crippen LogP contribution in [-0.2, 0) is 24.9 Å². The Balaban J connectivity index is 2.14. The van der Waals surface area contributed by atoms with E-state index in [4.69, 9.17) is 0 Å². The molecule has 46 heavy (non-hydrogen) atoms. The zero-order chi connectivity index (χ0) is 33.7. The summed E-state index contributed by atoms with van der Waals surface area (Å²) in [7, 11) is -2.70. The van der Waals surface area contributed by atoms with Gasteiger partial charge in [-0.05, 0) is 97.1 Å². The predicted octanol–water partition coefficient (Wildman–Crippen LogP) is 13.5. The molecular weight excluding hydrogens is 589 g/mol. The Morgan fingerprint density at radius 1 is 0.500 bits per heavy atom. The van der Waals surface area contributed by atoms with Crippen molar-refractivity contribution in [2.75, 3.05) is 0 Å². The van der Waals surface area contributed by atoms with Gasteiger partial charge in [-0.25, -0.2) is 4.70 Å². The normalized spacial score (nSPS) is 14.0. The van der Waals surface area contributed by atoms with Crippen LogP contribution in [0.25, 0.3) is 16.9 Å². The van der Waals surface area contributed by atoms with Crippen LogP contribution in [0.3, 0.4) is 0 Å². The second-order valence-corrected chi connectivity index (χ2v) is 25.5. The highest BCUT2D eigenvalue weighted by atomic mass is 28.3. The van der Waals surface area contributed by atoms with E-state index < -0.39 is 16.1 Å². The summed E-state index contributed by atoms with van der Waals surface area (Å²) in [5, 5.41) is 0. The van der Waals surface area contributed by atoms with Gasteiger partial charge in [0.2, 0.25) is 11.4 Å². The lowest BCUT2D eigenvalue weighted by Gasteiger charge is -2.29. The summed E-state index contributed by atoms with van der Waals surface area (Å²) in [6, 6.07) is 25.2. The molecule has 0 N–H and O–H groups in total. The maximum atomic E-state index is 12.2. The smallest absolute Gasteiger partial charge is 0.210 e. The first-order valence-corrected chi connectivity index (χ1v) is 25.1. The van der Waals surface area contributed by atoms with E-state index in [9.17, 15) is 5.53 Å². The fraction of sp³-hybridized carbons (Fsp3) is 0.619. The van der Waals surface area contributed by atoms with E-state index >= 15 is 0 Å². The molecule has 1 aliphatic rings. The molecule has 0 spiro atoms. The van der Waals surface area contributed by atoms with Crippen LogP contribution >= 0.6 is 0 Å². The van der Waals surface area contributed by atoms with Gasteiger partial charge in [0.25, 0.3) is 0 Å². The van der Waals surface area contributed by atoms with E-state index in [2.05, 4.69) is 105 Å². The Bertz CT molecular complexity index is 1330. The molecule has 2 aromatic rings. The standard InChI is InChI=1S/C42H68N2Si2/c1-10-19-22-34-25-36(32-45(13-4,14-5)15-6)29-39(27-34)41-31-38(24-21-12-3)42(44(41)43)40-28-35(23-20-11-2)26-37(30-40)33-46(16-7,17-8)18-9/h25-31H,10-24,32-33H2,1-9H3. The number of hydrogen-bond donors (Lipinski definition) is 0. The highest BCUT2D eigenvalue weighted by molar-refractivity contribution is 6.79. The Kier molecular flexibility index (Phi) is 15.4. The van der Waals surface area contributed by atoms with E-state index in [1.807, 2.05) is 0 Å². The summed E-state index contributed by atoms with van der Waals surface area (Å²) >= 11 is 0. The molecule has 0 radical (unpaired) electrons. The topological polar surface area (TPSA) is 25.3 Å². The molecule has 0 aliphatic carbocycles. The second-order valence-electron chi connectivity index (χ2n) is 14.6. The minimum Gasteiger partial charge on any atom is -0.493 e. The monoisotopic (exact) mass is 656 g/mol. The maximum Gasteiger partial charge on any atom is 0.210 e. The Morgan fingerprint density at radius 2 is 0.891 bits per heavy atom. The van der Waals surface area contributed by atoms with Gasteiger partial charge in [-0.1, -0.05) is 130 Å². The molecule has 0 saturated heterocycles. The van der Waals surface area contributed by atoms with Crippen LogP contribution in [-0.4, -0.2) is 20.8 Å². The predicted molar refractivity (Wildman–Crippen MR) is 210 cm³/mol. The largest absolute Gasteiger partial charge is 0.493 e. The zero-order valence-corrected chi connectivity index (χ0v) is 33.5. The second kappa shape index (κ2) is 18.5. The van der Waals surface area contributed by atoms with Gasteiger partial charge in [0.15, 0.2) is 0 Å². The van der Waals surface area contributed by atoms with Crippen LogP contribution in [0, 0.1) is 0 Å². The Hall–Kier alpha value is -2.05. The van der Waals surface area contributed by atoms with Crippen molar-refractivity contribution in [1.82, 2.24) is 0 Å². The van der Waals surface area contributed by atoms with Crippen molar-refractivity contribution in [3.8, 4) is 0 Å².